The van der Waals surface area contributed by atoms with Crippen LogP contribution in [-0.4, -0.2) is 32.1 Å². The molecule has 1 unspecified atom stereocenters. The summed E-state index contributed by atoms with van der Waals surface area (Å²) in [6.07, 6.45) is 16.6. The Morgan fingerprint density at radius 3 is 1.59 bits per heavy atom. The van der Waals surface area contributed by atoms with Gasteiger partial charge in [-0.05, 0) is 32.1 Å². The highest BCUT2D eigenvalue weighted by molar-refractivity contribution is 4.63. The topological polar surface area (TPSA) is 18.5 Å². The van der Waals surface area contributed by atoms with Gasteiger partial charge in [0.2, 0.25) is 0 Å². The summed E-state index contributed by atoms with van der Waals surface area (Å²) in [4.78, 5) is 0. The van der Waals surface area contributed by atoms with E-state index in [1.165, 1.54) is 83.5 Å². The van der Waals surface area contributed by atoms with E-state index in [4.69, 9.17) is 9.47 Å². The summed E-state index contributed by atoms with van der Waals surface area (Å²) >= 11 is 0. The maximum Gasteiger partial charge on any atom is 0.389 e. The van der Waals surface area contributed by atoms with Crippen molar-refractivity contribution in [1.82, 2.24) is 0 Å². The molecule has 1 aliphatic rings. The molecule has 1 rings (SSSR count). The average Bonchev–Trinajstić information content (AvgIpc) is 3.19. The van der Waals surface area contributed by atoms with Crippen LogP contribution in [-0.2, 0) is 9.47 Å². The van der Waals surface area contributed by atoms with Gasteiger partial charge in [-0.3, -0.25) is 0 Å². The molecule has 1 fully saturated rings. The van der Waals surface area contributed by atoms with Crippen molar-refractivity contribution in [3.8, 4) is 0 Å². The first-order chi connectivity index (χ1) is 14.1. The molecule has 1 heterocycles. The fourth-order valence-corrected chi connectivity index (χ4v) is 4.02. The zero-order valence-electron chi connectivity index (χ0n) is 18.6. The van der Waals surface area contributed by atoms with Gasteiger partial charge < -0.3 is 9.47 Å². The highest BCUT2D eigenvalue weighted by atomic mass is 19.4. The Bertz CT molecular complexity index is 342. The monoisotopic (exact) mass is 422 g/mol. The molecule has 0 bridgehead atoms. The summed E-state index contributed by atoms with van der Waals surface area (Å²) in [5.74, 6) is 0. The summed E-state index contributed by atoms with van der Waals surface area (Å²) in [5, 5.41) is 0. The molecule has 5 heteroatoms. The molecule has 0 aromatic heterocycles. The quantitative estimate of drug-likeness (QED) is 0.183. The van der Waals surface area contributed by atoms with Crippen molar-refractivity contribution >= 4 is 0 Å². The van der Waals surface area contributed by atoms with Crippen molar-refractivity contribution in [2.24, 2.45) is 0 Å². The van der Waals surface area contributed by atoms with E-state index < -0.39 is 12.6 Å². The van der Waals surface area contributed by atoms with Crippen LogP contribution in [0.4, 0.5) is 13.2 Å². The number of hydrogen-bond acceptors (Lipinski definition) is 2. The second kappa shape index (κ2) is 18.5. The van der Waals surface area contributed by atoms with Crippen LogP contribution in [0, 0.1) is 0 Å². The first kappa shape index (κ1) is 26.7. The second-order valence-corrected chi connectivity index (χ2v) is 8.70. The van der Waals surface area contributed by atoms with E-state index in [2.05, 4.69) is 0 Å². The molecule has 29 heavy (non-hydrogen) atoms. The van der Waals surface area contributed by atoms with Crippen LogP contribution in [0.3, 0.4) is 0 Å². The molecule has 0 amide bonds. The molecule has 0 radical (unpaired) electrons. The molecule has 0 saturated carbocycles. The Morgan fingerprint density at radius 1 is 0.655 bits per heavy atom. The molecule has 0 aliphatic carbocycles. The number of ether oxygens (including phenoxy) is 2. The number of hydrogen-bond donors (Lipinski definition) is 0. The smallest absolute Gasteiger partial charge is 0.381 e. The van der Waals surface area contributed by atoms with Crippen LogP contribution < -0.4 is 0 Å². The van der Waals surface area contributed by atoms with E-state index in [1.807, 2.05) is 0 Å². The number of rotatable bonds is 20. The lowest BCUT2D eigenvalue weighted by Gasteiger charge is -2.09. The molecular weight excluding hydrogens is 377 g/mol. The Kier molecular flexibility index (Phi) is 17.0. The van der Waals surface area contributed by atoms with Gasteiger partial charge in [-0.1, -0.05) is 83.5 Å². The van der Waals surface area contributed by atoms with E-state index in [9.17, 15) is 13.2 Å². The Labute approximate surface area is 177 Å². The van der Waals surface area contributed by atoms with E-state index in [-0.39, 0.29) is 0 Å². The molecule has 1 saturated heterocycles. The largest absolute Gasteiger partial charge is 0.389 e. The Balaban J connectivity index is 1.64. The van der Waals surface area contributed by atoms with Crippen LogP contribution >= 0.6 is 0 Å². The molecule has 0 spiro atoms. The van der Waals surface area contributed by atoms with Crippen molar-refractivity contribution in [2.75, 3.05) is 19.8 Å². The maximum absolute atomic E-state index is 12.0. The predicted octanol–water partition coefficient (Wildman–Crippen LogP) is 8.38. The summed E-state index contributed by atoms with van der Waals surface area (Å²) in [6, 6.07) is 0. The molecule has 1 atom stereocenters. The summed E-state index contributed by atoms with van der Waals surface area (Å²) in [7, 11) is 0. The van der Waals surface area contributed by atoms with Crippen LogP contribution in [0.25, 0.3) is 0 Å². The van der Waals surface area contributed by atoms with Gasteiger partial charge in [-0.2, -0.15) is 13.2 Å². The fourth-order valence-electron chi connectivity index (χ4n) is 4.02. The van der Waals surface area contributed by atoms with Crippen LogP contribution in [0.5, 0.6) is 0 Å². The SMILES string of the molecule is FC(F)(F)CCCCCCCCCCCCCCCCCOCCC1CCCO1. The van der Waals surface area contributed by atoms with Gasteiger partial charge in [0.15, 0.2) is 0 Å². The molecule has 0 aromatic rings. The standard InChI is InChI=1S/C24H45F3O2/c25-24(26,27)19-14-12-10-8-6-4-2-1-3-5-7-9-11-13-15-20-28-22-18-23-17-16-21-29-23/h23H,1-22H2. The van der Waals surface area contributed by atoms with E-state index in [0.29, 0.717) is 12.5 Å². The fraction of sp³-hybridized carbons (Fsp3) is 1.00. The number of unbranched alkanes of at least 4 members (excludes halogenated alkanes) is 14. The molecule has 2 nitrogen and oxygen atoms in total. The first-order valence-corrected chi connectivity index (χ1v) is 12.3. The zero-order valence-corrected chi connectivity index (χ0v) is 18.6. The van der Waals surface area contributed by atoms with Gasteiger partial charge in [-0.25, -0.2) is 0 Å². The normalized spacial score (nSPS) is 17.3. The lowest BCUT2D eigenvalue weighted by atomic mass is 10.0. The first-order valence-electron chi connectivity index (χ1n) is 12.3. The molecular formula is C24H45F3O2. The molecule has 1 aliphatic heterocycles. The summed E-state index contributed by atoms with van der Waals surface area (Å²) in [5.41, 5.74) is 0. The second-order valence-electron chi connectivity index (χ2n) is 8.70. The van der Waals surface area contributed by atoms with Gasteiger partial charge >= 0.3 is 6.18 Å². The summed E-state index contributed by atoms with van der Waals surface area (Å²) < 4.78 is 47.3. The third-order valence-corrected chi connectivity index (χ3v) is 5.86. The minimum Gasteiger partial charge on any atom is -0.381 e. The molecule has 0 N–H and O–H groups in total. The number of alkyl halides is 3. The van der Waals surface area contributed by atoms with E-state index in [0.717, 1.165) is 45.5 Å². The lowest BCUT2D eigenvalue weighted by Crippen LogP contribution is -2.09. The third kappa shape index (κ3) is 19.4. The van der Waals surface area contributed by atoms with Crippen LogP contribution in [0.1, 0.15) is 122 Å². The van der Waals surface area contributed by atoms with Gasteiger partial charge in [0.25, 0.3) is 0 Å². The minimum atomic E-state index is -3.97. The summed E-state index contributed by atoms with van der Waals surface area (Å²) in [6.45, 7) is 2.68. The van der Waals surface area contributed by atoms with E-state index >= 15 is 0 Å². The highest BCUT2D eigenvalue weighted by Gasteiger charge is 2.25. The van der Waals surface area contributed by atoms with Crippen molar-refractivity contribution in [2.45, 2.75) is 134 Å². The van der Waals surface area contributed by atoms with Gasteiger partial charge in [0.05, 0.1) is 6.10 Å². The molecule has 0 aromatic carbocycles. The third-order valence-electron chi connectivity index (χ3n) is 5.86. The van der Waals surface area contributed by atoms with Crippen LogP contribution in [0.15, 0.2) is 0 Å². The highest BCUT2D eigenvalue weighted by Crippen LogP contribution is 2.23. The maximum atomic E-state index is 12.0. The van der Waals surface area contributed by atoms with Crippen molar-refractivity contribution in [1.29, 1.82) is 0 Å². The number of halogens is 3. The predicted molar refractivity (Wildman–Crippen MR) is 114 cm³/mol. The van der Waals surface area contributed by atoms with Crippen molar-refractivity contribution in [3.05, 3.63) is 0 Å². The minimum absolute atomic E-state index is 0.298. The average molecular weight is 423 g/mol. The Morgan fingerprint density at radius 2 is 1.14 bits per heavy atom. The van der Waals surface area contributed by atoms with Gasteiger partial charge in [0, 0.05) is 26.2 Å². The van der Waals surface area contributed by atoms with Gasteiger partial charge in [0.1, 0.15) is 0 Å². The molecule has 174 valence electrons. The van der Waals surface area contributed by atoms with Crippen LogP contribution in [0.2, 0.25) is 0 Å². The zero-order chi connectivity index (χ0) is 21.0. The van der Waals surface area contributed by atoms with E-state index in [1.54, 1.807) is 0 Å². The van der Waals surface area contributed by atoms with Crippen molar-refractivity contribution in [3.63, 3.8) is 0 Å². The lowest BCUT2D eigenvalue weighted by molar-refractivity contribution is -0.135. The van der Waals surface area contributed by atoms with Gasteiger partial charge in [-0.15, -0.1) is 0 Å². The van der Waals surface area contributed by atoms with Crippen molar-refractivity contribution < 1.29 is 22.6 Å². The Hall–Kier alpha value is -0.290.